The molecule has 17 heavy (non-hydrogen) atoms. The summed E-state index contributed by atoms with van der Waals surface area (Å²) >= 11 is 1.85. The third kappa shape index (κ3) is 2.80. The molecule has 0 unspecified atom stereocenters. The first-order valence-electron chi connectivity index (χ1n) is 5.72. The van der Waals surface area contributed by atoms with Crippen molar-refractivity contribution in [3.8, 4) is 0 Å². The van der Waals surface area contributed by atoms with Crippen LogP contribution in [0.2, 0.25) is 0 Å². The number of aryl methyl sites for hydroxylation is 3. The van der Waals surface area contributed by atoms with Crippen molar-refractivity contribution in [3.05, 3.63) is 45.1 Å². The van der Waals surface area contributed by atoms with Gasteiger partial charge in [0.05, 0.1) is 0 Å². The number of hydrogen-bond acceptors (Lipinski definition) is 3. The third-order valence-electron chi connectivity index (χ3n) is 2.96. The molecule has 0 atom stereocenters. The number of hydrogen-bond donors (Lipinski definition) is 2. The molecule has 0 spiro atoms. The minimum atomic E-state index is 0.841. The molecule has 3 N–H and O–H groups in total. The lowest BCUT2D eigenvalue weighted by atomic mass is 10.2. The van der Waals surface area contributed by atoms with Crippen LogP contribution in [0.15, 0.2) is 24.3 Å². The first-order valence-corrected chi connectivity index (χ1v) is 6.54. The first-order chi connectivity index (χ1) is 8.06. The highest BCUT2D eigenvalue weighted by Gasteiger charge is 2.02. The van der Waals surface area contributed by atoms with Crippen LogP contribution in [0.4, 0.5) is 11.4 Å². The molecule has 0 amide bonds. The van der Waals surface area contributed by atoms with E-state index in [2.05, 4.69) is 31.3 Å². The third-order valence-corrected chi connectivity index (χ3v) is 4.12. The monoisotopic (exact) mass is 246 g/mol. The van der Waals surface area contributed by atoms with Crippen molar-refractivity contribution in [2.24, 2.45) is 0 Å². The molecule has 0 radical (unpaired) electrons. The highest BCUT2D eigenvalue weighted by atomic mass is 32.1. The van der Waals surface area contributed by atoms with Gasteiger partial charge in [0, 0.05) is 27.7 Å². The summed E-state index contributed by atoms with van der Waals surface area (Å²) in [6, 6.07) is 8.34. The number of nitrogen functional groups attached to an aromatic ring is 1. The molecule has 0 saturated carbocycles. The van der Waals surface area contributed by atoms with Gasteiger partial charge in [-0.2, -0.15) is 0 Å². The fourth-order valence-corrected chi connectivity index (χ4v) is 2.67. The van der Waals surface area contributed by atoms with Gasteiger partial charge in [-0.05, 0) is 50.1 Å². The van der Waals surface area contributed by atoms with E-state index in [1.165, 1.54) is 15.3 Å². The molecule has 0 saturated heterocycles. The number of benzene rings is 1. The molecule has 2 rings (SSSR count). The van der Waals surface area contributed by atoms with E-state index in [0.717, 1.165) is 23.5 Å². The van der Waals surface area contributed by atoms with E-state index in [1.54, 1.807) is 0 Å². The Morgan fingerprint density at radius 3 is 2.47 bits per heavy atom. The van der Waals surface area contributed by atoms with Crippen molar-refractivity contribution in [1.82, 2.24) is 0 Å². The summed E-state index contributed by atoms with van der Waals surface area (Å²) < 4.78 is 0. The number of thiophene rings is 1. The molecule has 3 heteroatoms. The van der Waals surface area contributed by atoms with Crippen LogP contribution in [-0.2, 0) is 6.54 Å². The van der Waals surface area contributed by atoms with Crippen LogP contribution in [0, 0.1) is 20.8 Å². The normalized spacial score (nSPS) is 10.5. The van der Waals surface area contributed by atoms with Gasteiger partial charge >= 0.3 is 0 Å². The number of anilines is 2. The fourth-order valence-electron chi connectivity index (χ4n) is 1.68. The van der Waals surface area contributed by atoms with Crippen molar-refractivity contribution in [2.45, 2.75) is 27.3 Å². The number of nitrogens with two attached hydrogens (primary N) is 1. The summed E-state index contributed by atoms with van der Waals surface area (Å²) in [6.07, 6.45) is 0. The van der Waals surface area contributed by atoms with Gasteiger partial charge in [-0.15, -0.1) is 11.3 Å². The largest absolute Gasteiger partial charge is 0.398 e. The summed E-state index contributed by atoms with van der Waals surface area (Å²) in [7, 11) is 0. The predicted octanol–water partition coefficient (Wildman–Crippen LogP) is 3.87. The molecule has 0 fully saturated rings. The van der Waals surface area contributed by atoms with Crippen molar-refractivity contribution < 1.29 is 0 Å². The van der Waals surface area contributed by atoms with Gasteiger partial charge in [0.1, 0.15) is 0 Å². The van der Waals surface area contributed by atoms with Crippen LogP contribution in [0.1, 0.15) is 20.9 Å². The molecule has 90 valence electrons. The maximum absolute atomic E-state index is 5.88. The average molecular weight is 246 g/mol. The lowest BCUT2D eigenvalue weighted by Crippen LogP contribution is -1.99. The van der Waals surface area contributed by atoms with E-state index in [0.29, 0.717) is 0 Å². The lowest BCUT2D eigenvalue weighted by molar-refractivity contribution is 1.19. The lowest BCUT2D eigenvalue weighted by Gasteiger charge is -2.07. The summed E-state index contributed by atoms with van der Waals surface area (Å²) in [5.41, 5.74) is 10.3. The number of rotatable bonds is 3. The van der Waals surface area contributed by atoms with Crippen LogP contribution in [0.3, 0.4) is 0 Å². The zero-order chi connectivity index (χ0) is 12.4. The number of nitrogens with one attached hydrogen (secondary N) is 1. The minimum Gasteiger partial charge on any atom is -0.398 e. The van der Waals surface area contributed by atoms with E-state index < -0.39 is 0 Å². The van der Waals surface area contributed by atoms with Gasteiger partial charge in [-0.25, -0.2) is 0 Å². The minimum absolute atomic E-state index is 0.841. The van der Waals surface area contributed by atoms with E-state index in [-0.39, 0.29) is 0 Å². The van der Waals surface area contributed by atoms with E-state index in [9.17, 15) is 0 Å². The van der Waals surface area contributed by atoms with E-state index in [1.807, 2.05) is 30.4 Å². The Bertz CT molecular complexity index is 510. The Balaban J connectivity index is 2.04. The first kappa shape index (κ1) is 12.0. The maximum atomic E-state index is 5.88. The summed E-state index contributed by atoms with van der Waals surface area (Å²) in [5, 5.41) is 3.40. The van der Waals surface area contributed by atoms with Gasteiger partial charge in [-0.3, -0.25) is 0 Å². The molecule has 1 aromatic carbocycles. The second-order valence-corrected chi connectivity index (χ2v) is 5.72. The van der Waals surface area contributed by atoms with Gasteiger partial charge < -0.3 is 11.1 Å². The fraction of sp³-hybridized carbons (Fsp3) is 0.286. The highest BCUT2D eigenvalue weighted by molar-refractivity contribution is 7.12. The van der Waals surface area contributed by atoms with Crippen LogP contribution in [0.25, 0.3) is 0 Å². The molecule has 0 aliphatic heterocycles. The van der Waals surface area contributed by atoms with Crippen LogP contribution in [0.5, 0.6) is 0 Å². The Morgan fingerprint density at radius 1 is 1.12 bits per heavy atom. The van der Waals surface area contributed by atoms with Gasteiger partial charge in [0.2, 0.25) is 0 Å². The smallest absolute Gasteiger partial charge is 0.0494 e. The predicted molar refractivity (Wildman–Crippen MR) is 76.7 cm³/mol. The van der Waals surface area contributed by atoms with Crippen molar-refractivity contribution in [1.29, 1.82) is 0 Å². The molecule has 0 aliphatic carbocycles. The molecule has 1 aromatic heterocycles. The Hall–Kier alpha value is -1.48. The highest BCUT2D eigenvalue weighted by Crippen LogP contribution is 2.22. The topological polar surface area (TPSA) is 38.0 Å². The van der Waals surface area contributed by atoms with Crippen LogP contribution < -0.4 is 11.1 Å². The summed E-state index contributed by atoms with van der Waals surface area (Å²) in [6.45, 7) is 7.19. The zero-order valence-corrected chi connectivity index (χ0v) is 11.3. The Morgan fingerprint density at radius 2 is 1.88 bits per heavy atom. The molecule has 1 heterocycles. The summed E-state index contributed by atoms with van der Waals surface area (Å²) in [4.78, 5) is 2.75. The molecular formula is C14H18N2S. The van der Waals surface area contributed by atoms with Crippen molar-refractivity contribution in [3.63, 3.8) is 0 Å². The second-order valence-electron chi connectivity index (χ2n) is 4.38. The molecule has 0 bridgehead atoms. The Labute approximate surface area is 106 Å². The van der Waals surface area contributed by atoms with E-state index >= 15 is 0 Å². The molecule has 0 aliphatic rings. The van der Waals surface area contributed by atoms with Crippen molar-refractivity contribution in [2.75, 3.05) is 11.1 Å². The standard InChI is InChI=1S/C14H18N2S/c1-9-4-5-12(7-14(9)15)16-8-13-6-10(2)11(3)17-13/h4-7,16H,8,15H2,1-3H3. The van der Waals surface area contributed by atoms with Gasteiger partial charge in [0.25, 0.3) is 0 Å². The van der Waals surface area contributed by atoms with Gasteiger partial charge in [-0.1, -0.05) is 6.07 Å². The molecular weight excluding hydrogens is 228 g/mol. The molecule has 2 nitrogen and oxygen atoms in total. The van der Waals surface area contributed by atoms with Crippen LogP contribution >= 0.6 is 11.3 Å². The second kappa shape index (κ2) is 4.80. The maximum Gasteiger partial charge on any atom is 0.0494 e. The summed E-state index contributed by atoms with van der Waals surface area (Å²) in [5.74, 6) is 0. The van der Waals surface area contributed by atoms with Crippen LogP contribution in [-0.4, -0.2) is 0 Å². The zero-order valence-electron chi connectivity index (χ0n) is 10.5. The van der Waals surface area contributed by atoms with Gasteiger partial charge in [0.15, 0.2) is 0 Å². The molecule has 2 aromatic rings. The van der Waals surface area contributed by atoms with Crippen molar-refractivity contribution >= 4 is 22.7 Å². The quantitative estimate of drug-likeness (QED) is 0.807. The van der Waals surface area contributed by atoms with E-state index in [4.69, 9.17) is 5.73 Å². The average Bonchev–Trinajstić information content (AvgIpc) is 2.60. The Kier molecular flexibility index (Phi) is 3.38. The SMILES string of the molecule is Cc1ccc(NCc2cc(C)c(C)s2)cc1N.